The number of carboxylic acid groups (broad SMARTS) is 1. The molecule has 2 heterocycles. The summed E-state index contributed by atoms with van der Waals surface area (Å²) in [7, 11) is 0. The van der Waals surface area contributed by atoms with Crippen LogP contribution in [0.4, 0.5) is 0 Å². The largest absolute Gasteiger partial charge is 0.489 e. The Morgan fingerprint density at radius 3 is 2.50 bits per heavy atom. The SMILES string of the molecule is CC(C)=CCc1c(-c2ccc(OCc3ccccc3)cc2)[nH]c2cc(C(=O)O)nn2c1=O. The highest BCUT2D eigenvalue weighted by Crippen LogP contribution is 2.25. The van der Waals surface area contributed by atoms with Crippen LogP contribution >= 0.6 is 0 Å². The van der Waals surface area contributed by atoms with E-state index in [1.807, 2.05) is 74.5 Å². The highest BCUT2D eigenvalue weighted by molar-refractivity contribution is 5.86. The van der Waals surface area contributed by atoms with Crippen molar-refractivity contribution in [3.05, 3.63) is 99.5 Å². The van der Waals surface area contributed by atoms with Gasteiger partial charge in [0.15, 0.2) is 5.69 Å². The van der Waals surface area contributed by atoms with Crippen molar-refractivity contribution in [2.45, 2.75) is 26.9 Å². The van der Waals surface area contributed by atoms with Gasteiger partial charge in [0.05, 0.1) is 5.69 Å². The minimum atomic E-state index is -1.19. The van der Waals surface area contributed by atoms with Gasteiger partial charge >= 0.3 is 5.97 Å². The lowest BCUT2D eigenvalue weighted by atomic mass is 10.0. The highest BCUT2D eigenvalue weighted by Gasteiger charge is 2.17. The lowest BCUT2D eigenvalue weighted by Crippen LogP contribution is -2.21. The third-order valence-electron chi connectivity index (χ3n) is 5.04. The number of carbonyl (C=O) groups is 1. The van der Waals surface area contributed by atoms with Crippen LogP contribution < -0.4 is 10.3 Å². The first-order valence-corrected chi connectivity index (χ1v) is 10.2. The average molecular weight is 429 g/mol. The molecular formula is C25H23N3O4. The minimum absolute atomic E-state index is 0.187. The second-order valence-electron chi connectivity index (χ2n) is 7.70. The predicted octanol–water partition coefficient (Wildman–Crippen LogP) is 4.48. The molecule has 0 amide bonds. The first-order valence-electron chi connectivity index (χ1n) is 10.2. The number of hydrogen-bond acceptors (Lipinski definition) is 4. The van der Waals surface area contributed by atoms with E-state index in [0.29, 0.717) is 35.7 Å². The number of H-pyrrole nitrogens is 1. The van der Waals surface area contributed by atoms with Gasteiger partial charge in [-0.2, -0.15) is 9.61 Å². The molecule has 7 heteroatoms. The van der Waals surface area contributed by atoms with Crippen molar-refractivity contribution in [1.29, 1.82) is 0 Å². The van der Waals surface area contributed by atoms with Crippen molar-refractivity contribution in [3.8, 4) is 17.0 Å². The van der Waals surface area contributed by atoms with Crippen LogP contribution in [0.2, 0.25) is 0 Å². The lowest BCUT2D eigenvalue weighted by molar-refractivity contribution is 0.0690. The van der Waals surface area contributed by atoms with Gasteiger partial charge in [-0.3, -0.25) is 4.79 Å². The molecule has 0 unspecified atom stereocenters. The van der Waals surface area contributed by atoms with Crippen LogP contribution in [-0.2, 0) is 13.0 Å². The molecule has 2 N–H and O–H groups in total. The molecule has 0 atom stereocenters. The number of nitrogens with zero attached hydrogens (tertiary/aromatic N) is 2. The number of carboxylic acids is 1. The van der Waals surface area contributed by atoms with Crippen LogP contribution in [0.3, 0.4) is 0 Å². The van der Waals surface area contributed by atoms with Gasteiger partial charge in [-0.05, 0) is 55.7 Å². The Labute approximate surface area is 184 Å². The standard InChI is InChI=1S/C25H23N3O4/c1-16(2)8-13-20-23(26-22-14-21(25(30)31)27-28(22)24(20)29)18-9-11-19(12-10-18)32-15-17-6-4-3-5-7-17/h3-12,14,26H,13,15H2,1-2H3,(H,30,31). The number of aromatic amines is 1. The summed E-state index contributed by atoms with van der Waals surface area (Å²) in [6, 6.07) is 18.7. The fraction of sp³-hybridized carbons (Fsp3) is 0.160. The van der Waals surface area contributed by atoms with Gasteiger partial charge in [0, 0.05) is 11.6 Å². The second kappa shape index (κ2) is 8.93. The fourth-order valence-electron chi connectivity index (χ4n) is 3.37. The van der Waals surface area contributed by atoms with E-state index in [9.17, 15) is 14.7 Å². The number of ether oxygens (including phenoxy) is 1. The minimum Gasteiger partial charge on any atom is -0.489 e. The van der Waals surface area contributed by atoms with Gasteiger partial charge in [-0.25, -0.2) is 4.79 Å². The first-order chi connectivity index (χ1) is 15.4. The van der Waals surface area contributed by atoms with Gasteiger partial charge in [0.1, 0.15) is 18.0 Å². The number of benzene rings is 2. The number of aromatic carboxylic acids is 1. The molecule has 0 aliphatic heterocycles. The maximum absolute atomic E-state index is 13.1. The van der Waals surface area contributed by atoms with E-state index in [1.165, 1.54) is 6.07 Å². The van der Waals surface area contributed by atoms with Gasteiger partial charge in [0.2, 0.25) is 0 Å². The summed E-state index contributed by atoms with van der Waals surface area (Å²) in [5.74, 6) is -0.474. The zero-order valence-corrected chi connectivity index (χ0v) is 17.8. The summed E-state index contributed by atoms with van der Waals surface area (Å²) in [6.45, 7) is 4.38. The molecule has 0 saturated carbocycles. The van der Waals surface area contributed by atoms with E-state index in [4.69, 9.17) is 4.74 Å². The maximum Gasteiger partial charge on any atom is 0.356 e. The fourth-order valence-corrected chi connectivity index (χ4v) is 3.37. The van der Waals surface area contributed by atoms with Crippen LogP contribution in [-0.4, -0.2) is 25.7 Å². The Hall–Kier alpha value is -4.13. The molecular weight excluding hydrogens is 406 g/mol. The van der Waals surface area contributed by atoms with Gasteiger partial charge in [-0.15, -0.1) is 0 Å². The Morgan fingerprint density at radius 1 is 1.12 bits per heavy atom. The Bertz CT molecular complexity index is 1350. The smallest absolute Gasteiger partial charge is 0.356 e. The molecule has 4 aromatic rings. The Balaban J connectivity index is 1.71. The van der Waals surface area contributed by atoms with Gasteiger partial charge in [0.25, 0.3) is 5.56 Å². The molecule has 0 spiro atoms. The van der Waals surface area contributed by atoms with E-state index in [-0.39, 0.29) is 11.3 Å². The molecule has 4 rings (SSSR count). The van der Waals surface area contributed by atoms with Crippen LogP contribution in [0, 0.1) is 0 Å². The van der Waals surface area contributed by atoms with E-state index in [1.54, 1.807) is 0 Å². The number of fused-ring (bicyclic) bond motifs is 1. The van der Waals surface area contributed by atoms with Crippen molar-refractivity contribution in [3.63, 3.8) is 0 Å². The van der Waals surface area contributed by atoms with Crippen LogP contribution in [0.25, 0.3) is 16.9 Å². The molecule has 32 heavy (non-hydrogen) atoms. The summed E-state index contributed by atoms with van der Waals surface area (Å²) in [6.07, 6.45) is 2.36. The molecule has 0 bridgehead atoms. The van der Waals surface area contributed by atoms with Crippen LogP contribution in [0.15, 0.2) is 77.1 Å². The van der Waals surface area contributed by atoms with E-state index < -0.39 is 5.97 Å². The molecule has 162 valence electrons. The third kappa shape index (κ3) is 4.46. The molecule has 0 aliphatic carbocycles. The zero-order valence-electron chi connectivity index (χ0n) is 17.8. The van der Waals surface area contributed by atoms with E-state index in [0.717, 1.165) is 21.2 Å². The van der Waals surface area contributed by atoms with Crippen molar-refractivity contribution < 1.29 is 14.6 Å². The second-order valence-corrected chi connectivity index (χ2v) is 7.70. The average Bonchev–Trinajstić information content (AvgIpc) is 3.23. The normalized spacial score (nSPS) is 10.8. The van der Waals surface area contributed by atoms with Crippen molar-refractivity contribution in [2.75, 3.05) is 0 Å². The monoisotopic (exact) mass is 429 g/mol. The topological polar surface area (TPSA) is 96.7 Å². The quantitative estimate of drug-likeness (QED) is 0.422. The molecule has 2 aromatic heterocycles. The summed E-state index contributed by atoms with van der Waals surface area (Å²) >= 11 is 0. The number of nitrogens with one attached hydrogen (secondary N) is 1. The molecule has 2 aromatic carbocycles. The number of hydrogen-bond donors (Lipinski definition) is 2. The summed E-state index contributed by atoms with van der Waals surface area (Å²) in [4.78, 5) is 27.6. The predicted molar refractivity (Wildman–Crippen MR) is 122 cm³/mol. The molecule has 0 aliphatic rings. The third-order valence-corrected chi connectivity index (χ3v) is 5.04. The number of allylic oxidation sites excluding steroid dienone is 2. The van der Waals surface area contributed by atoms with E-state index in [2.05, 4.69) is 10.1 Å². The molecule has 7 nitrogen and oxygen atoms in total. The van der Waals surface area contributed by atoms with Crippen LogP contribution in [0.1, 0.15) is 35.5 Å². The summed E-state index contributed by atoms with van der Waals surface area (Å²) in [5, 5.41) is 13.2. The Morgan fingerprint density at radius 2 is 1.84 bits per heavy atom. The maximum atomic E-state index is 13.1. The molecule has 0 fully saturated rings. The molecule has 0 radical (unpaired) electrons. The van der Waals surface area contributed by atoms with Crippen molar-refractivity contribution >= 4 is 11.6 Å². The number of aromatic nitrogens is 3. The van der Waals surface area contributed by atoms with E-state index >= 15 is 0 Å². The Kier molecular flexibility index (Phi) is 5.89. The van der Waals surface area contributed by atoms with Gasteiger partial charge < -0.3 is 14.8 Å². The lowest BCUT2D eigenvalue weighted by Gasteiger charge is -2.11. The van der Waals surface area contributed by atoms with Crippen molar-refractivity contribution in [2.24, 2.45) is 0 Å². The number of rotatable bonds is 7. The van der Waals surface area contributed by atoms with Crippen molar-refractivity contribution in [1.82, 2.24) is 14.6 Å². The molecule has 0 saturated heterocycles. The summed E-state index contributed by atoms with van der Waals surface area (Å²) < 4.78 is 6.96. The summed E-state index contributed by atoms with van der Waals surface area (Å²) in [5.41, 5.74) is 3.89. The van der Waals surface area contributed by atoms with Crippen LogP contribution in [0.5, 0.6) is 5.75 Å². The zero-order chi connectivity index (χ0) is 22.7. The first kappa shape index (κ1) is 21.1. The highest BCUT2D eigenvalue weighted by atomic mass is 16.5. The van der Waals surface area contributed by atoms with Gasteiger partial charge in [-0.1, -0.05) is 42.0 Å².